The van der Waals surface area contributed by atoms with Gasteiger partial charge >= 0.3 is 0 Å². The first-order valence-corrected chi connectivity index (χ1v) is 9.42. The Hall–Kier alpha value is -2.67. The highest BCUT2D eigenvalue weighted by atomic mass is 32.1. The number of thiazole rings is 1. The van der Waals surface area contributed by atoms with Crippen LogP contribution in [-0.2, 0) is 13.1 Å². The smallest absolute Gasteiger partial charge is 0.226 e. The van der Waals surface area contributed by atoms with Crippen molar-refractivity contribution in [3.63, 3.8) is 0 Å². The number of oxazole rings is 1. The molecule has 3 aromatic rings. The van der Waals surface area contributed by atoms with Crippen molar-refractivity contribution in [2.45, 2.75) is 32.9 Å². The van der Waals surface area contributed by atoms with E-state index in [9.17, 15) is 0 Å². The standard InChI is InChI=1S/C19H23N5OS/c1-13(2)18-24-16(12-26-18)10-22-19(20-3)21-9-15-11-25-17(23-15)14-7-5-4-6-8-14/h4-8,11-13H,9-10H2,1-3H3,(H2,20,21,22). The van der Waals surface area contributed by atoms with E-state index in [1.165, 1.54) is 0 Å². The molecule has 0 aliphatic heterocycles. The Balaban J connectivity index is 1.52. The highest BCUT2D eigenvalue weighted by Gasteiger charge is 2.08. The minimum absolute atomic E-state index is 0.456. The highest BCUT2D eigenvalue weighted by Crippen LogP contribution is 2.19. The summed E-state index contributed by atoms with van der Waals surface area (Å²) < 4.78 is 5.55. The minimum Gasteiger partial charge on any atom is -0.444 e. The summed E-state index contributed by atoms with van der Waals surface area (Å²) in [7, 11) is 1.74. The number of hydrogen-bond donors (Lipinski definition) is 2. The maximum atomic E-state index is 5.55. The molecule has 0 saturated carbocycles. The molecule has 2 aromatic heterocycles. The summed E-state index contributed by atoms with van der Waals surface area (Å²) in [5.74, 6) is 1.78. The fourth-order valence-electron chi connectivity index (χ4n) is 2.34. The number of benzene rings is 1. The van der Waals surface area contributed by atoms with Crippen LogP contribution in [-0.4, -0.2) is 23.0 Å². The number of guanidine groups is 1. The summed E-state index contributed by atoms with van der Waals surface area (Å²) in [6.45, 7) is 5.47. The molecular formula is C19H23N5OS. The Kier molecular flexibility index (Phi) is 6.01. The number of nitrogens with zero attached hydrogens (tertiary/aromatic N) is 3. The molecule has 0 unspecified atom stereocenters. The molecular weight excluding hydrogens is 346 g/mol. The average Bonchev–Trinajstić information content (AvgIpc) is 3.32. The van der Waals surface area contributed by atoms with E-state index in [0.717, 1.165) is 22.0 Å². The summed E-state index contributed by atoms with van der Waals surface area (Å²) in [5.41, 5.74) is 2.81. The van der Waals surface area contributed by atoms with Gasteiger partial charge in [-0.2, -0.15) is 0 Å². The van der Waals surface area contributed by atoms with Crippen LogP contribution in [0.15, 0.2) is 51.4 Å². The fraction of sp³-hybridized carbons (Fsp3) is 0.316. The Morgan fingerprint density at radius 2 is 1.85 bits per heavy atom. The Morgan fingerprint density at radius 1 is 1.12 bits per heavy atom. The molecule has 3 rings (SSSR count). The van der Waals surface area contributed by atoms with Gasteiger partial charge in [0, 0.05) is 23.9 Å². The van der Waals surface area contributed by atoms with Crippen LogP contribution in [0.5, 0.6) is 0 Å². The molecule has 6 nitrogen and oxygen atoms in total. The number of hydrogen-bond acceptors (Lipinski definition) is 5. The zero-order valence-electron chi connectivity index (χ0n) is 15.2. The lowest BCUT2D eigenvalue weighted by atomic mass is 10.2. The van der Waals surface area contributed by atoms with E-state index in [0.29, 0.717) is 30.9 Å². The monoisotopic (exact) mass is 369 g/mol. The quantitative estimate of drug-likeness (QED) is 0.511. The second-order valence-corrected chi connectivity index (χ2v) is 7.01. The van der Waals surface area contributed by atoms with Gasteiger partial charge in [-0.25, -0.2) is 9.97 Å². The first-order chi connectivity index (χ1) is 12.7. The molecule has 7 heteroatoms. The molecule has 0 radical (unpaired) electrons. The zero-order valence-corrected chi connectivity index (χ0v) is 16.0. The normalized spacial score (nSPS) is 11.8. The second kappa shape index (κ2) is 8.62. The molecule has 2 heterocycles. The van der Waals surface area contributed by atoms with Crippen molar-refractivity contribution in [2.75, 3.05) is 7.05 Å². The molecule has 0 aliphatic rings. The summed E-state index contributed by atoms with van der Waals surface area (Å²) in [6, 6.07) is 9.85. The topological polar surface area (TPSA) is 75.3 Å². The van der Waals surface area contributed by atoms with Gasteiger partial charge in [0.1, 0.15) is 6.26 Å². The summed E-state index contributed by atoms with van der Waals surface area (Å²) in [4.78, 5) is 13.4. The van der Waals surface area contributed by atoms with Crippen LogP contribution in [0.1, 0.15) is 36.2 Å². The van der Waals surface area contributed by atoms with Gasteiger partial charge in [-0.15, -0.1) is 11.3 Å². The maximum Gasteiger partial charge on any atom is 0.226 e. The van der Waals surface area contributed by atoms with Gasteiger partial charge in [-0.1, -0.05) is 32.0 Å². The largest absolute Gasteiger partial charge is 0.444 e. The van der Waals surface area contributed by atoms with E-state index in [2.05, 4.69) is 44.8 Å². The van der Waals surface area contributed by atoms with Crippen molar-refractivity contribution in [3.8, 4) is 11.5 Å². The summed E-state index contributed by atoms with van der Waals surface area (Å²) in [5, 5.41) is 9.75. The second-order valence-electron chi connectivity index (χ2n) is 6.12. The minimum atomic E-state index is 0.456. The fourth-order valence-corrected chi connectivity index (χ4v) is 3.17. The molecule has 1 aromatic carbocycles. The third-order valence-corrected chi connectivity index (χ3v) is 4.93. The third kappa shape index (κ3) is 4.70. The van der Waals surface area contributed by atoms with Crippen molar-refractivity contribution in [3.05, 3.63) is 58.4 Å². The van der Waals surface area contributed by atoms with Crippen LogP contribution < -0.4 is 10.6 Å². The van der Waals surface area contributed by atoms with Gasteiger partial charge in [0.15, 0.2) is 5.96 Å². The van der Waals surface area contributed by atoms with Crippen molar-refractivity contribution < 1.29 is 4.42 Å². The molecule has 0 atom stereocenters. The number of rotatable bonds is 6. The summed E-state index contributed by atoms with van der Waals surface area (Å²) >= 11 is 1.69. The highest BCUT2D eigenvalue weighted by molar-refractivity contribution is 7.09. The molecule has 2 N–H and O–H groups in total. The molecule has 0 saturated heterocycles. The van der Waals surface area contributed by atoms with E-state index in [4.69, 9.17) is 4.42 Å². The van der Waals surface area contributed by atoms with Gasteiger partial charge < -0.3 is 15.1 Å². The van der Waals surface area contributed by atoms with E-state index in [1.807, 2.05) is 30.3 Å². The predicted octanol–water partition coefficient (Wildman–Crippen LogP) is 3.79. The van der Waals surface area contributed by atoms with Crippen molar-refractivity contribution in [1.82, 2.24) is 20.6 Å². The lowest BCUT2D eigenvalue weighted by Gasteiger charge is -2.09. The first kappa shape index (κ1) is 18.1. The zero-order chi connectivity index (χ0) is 18.4. The first-order valence-electron chi connectivity index (χ1n) is 8.54. The van der Waals surface area contributed by atoms with Crippen LogP contribution in [0.4, 0.5) is 0 Å². The number of aliphatic imine (C=N–C) groups is 1. The number of nitrogens with one attached hydrogen (secondary N) is 2. The average molecular weight is 369 g/mol. The van der Waals surface area contributed by atoms with Crippen LogP contribution in [0.3, 0.4) is 0 Å². The van der Waals surface area contributed by atoms with E-state index in [-0.39, 0.29) is 0 Å². The van der Waals surface area contributed by atoms with Crippen molar-refractivity contribution in [1.29, 1.82) is 0 Å². The van der Waals surface area contributed by atoms with Crippen LogP contribution >= 0.6 is 11.3 Å². The van der Waals surface area contributed by atoms with E-state index >= 15 is 0 Å². The van der Waals surface area contributed by atoms with Crippen LogP contribution in [0.2, 0.25) is 0 Å². The van der Waals surface area contributed by atoms with Gasteiger partial charge in [-0.3, -0.25) is 4.99 Å². The van der Waals surface area contributed by atoms with Gasteiger partial charge in [-0.05, 0) is 12.1 Å². The van der Waals surface area contributed by atoms with Crippen molar-refractivity contribution >= 4 is 17.3 Å². The molecule has 0 spiro atoms. The van der Waals surface area contributed by atoms with Crippen molar-refractivity contribution in [2.24, 2.45) is 4.99 Å². The van der Waals surface area contributed by atoms with Gasteiger partial charge in [0.05, 0.1) is 29.5 Å². The van der Waals surface area contributed by atoms with Gasteiger partial charge in [0.2, 0.25) is 5.89 Å². The van der Waals surface area contributed by atoms with Gasteiger partial charge in [0.25, 0.3) is 0 Å². The molecule has 0 fully saturated rings. The Morgan fingerprint density at radius 3 is 2.50 bits per heavy atom. The summed E-state index contributed by atoms with van der Waals surface area (Å²) in [6.07, 6.45) is 1.66. The molecule has 26 heavy (non-hydrogen) atoms. The lowest BCUT2D eigenvalue weighted by Crippen LogP contribution is -2.36. The molecule has 0 amide bonds. The Bertz CT molecular complexity index is 854. The molecule has 136 valence electrons. The lowest BCUT2D eigenvalue weighted by molar-refractivity contribution is 0.572. The predicted molar refractivity (Wildman–Crippen MR) is 105 cm³/mol. The SMILES string of the molecule is CN=C(NCc1coc(-c2ccccc2)n1)NCc1csc(C(C)C)n1. The third-order valence-electron chi connectivity index (χ3n) is 3.73. The van der Waals surface area contributed by atoms with E-state index in [1.54, 1.807) is 24.6 Å². The Labute approximate surface area is 157 Å². The maximum absolute atomic E-state index is 5.55. The van der Waals surface area contributed by atoms with Crippen LogP contribution in [0, 0.1) is 0 Å². The van der Waals surface area contributed by atoms with Crippen LogP contribution in [0.25, 0.3) is 11.5 Å². The van der Waals surface area contributed by atoms with E-state index < -0.39 is 0 Å². The molecule has 0 aliphatic carbocycles. The number of aromatic nitrogens is 2. The molecule has 0 bridgehead atoms.